The first-order chi connectivity index (χ1) is 9.06. The van der Waals surface area contributed by atoms with Crippen molar-refractivity contribution in [2.45, 2.75) is 6.54 Å². The quantitative estimate of drug-likeness (QED) is 0.794. The van der Waals surface area contributed by atoms with E-state index in [2.05, 4.69) is 15.3 Å². The van der Waals surface area contributed by atoms with Gasteiger partial charge in [0, 0.05) is 18.9 Å². The third-order valence-corrected chi connectivity index (χ3v) is 2.61. The van der Waals surface area contributed by atoms with Gasteiger partial charge in [-0.15, -0.1) is 0 Å². The summed E-state index contributed by atoms with van der Waals surface area (Å²) in [6, 6.07) is 4.50. The van der Waals surface area contributed by atoms with Crippen LogP contribution in [-0.2, 0) is 6.54 Å². The molecule has 0 aromatic carbocycles. The fourth-order valence-electron chi connectivity index (χ4n) is 1.43. The molecule has 2 heterocycles. The maximum absolute atomic E-state index is 11.7. The lowest BCUT2D eigenvalue weighted by atomic mass is 10.2. The normalized spacial score (nSPS) is 10.2. The molecule has 0 unspecified atom stereocenters. The molecule has 1 amide bonds. The third kappa shape index (κ3) is 3.32. The molecule has 0 atom stereocenters. The Labute approximate surface area is 113 Å². The minimum Gasteiger partial charge on any atom is -0.477 e. The van der Waals surface area contributed by atoms with Gasteiger partial charge in [0.05, 0.1) is 5.02 Å². The van der Waals surface area contributed by atoms with E-state index in [-0.39, 0.29) is 18.1 Å². The summed E-state index contributed by atoms with van der Waals surface area (Å²) in [6.45, 7) is 0.252. The number of aromatic nitrogens is 2. The van der Waals surface area contributed by atoms with Gasteiger partial charge >= 0.3 is 5.97 Å². The van der Waals surface area contributed by atoms with Crippen molar-refractivity contribution in [3.8, 4) is 0 Å². The van der Waals surface area contributed by atoms with Gasteiger partial charge in [-0.1, -0.05) is 17.7 Å². The van der Waals surface area contributed by atoms with Crippen molar-refractivity contribution < 1.29 is 14.7 Å². The van der Waals surface area contributed by atoms with Crippen LogP contribution >= 0.6 is 11.6 Å². The number of carbonyl (C=O) groups excluding carboxylic acids is 1. The molecule has 3 N–H and O–H groups in total. The highest BCUT2D eigenvalue weighted by atomic mass is 35.5. The molecule has 0 aliphatic carbocycles. The molecular weight excluding hydrogens is 270 g/mol. The first-order valence-electron chi connectivity index (χ1n) is 5.36. The Morgan fingerprint density at radius 2 is 2.21 bits per heavy atom. The number of carboxylic acids is 1. The lowest BCUT2D eigenvalue weighted by molar-refractivity contribution is 0.0690. The van der Waals surface area contributed by atoms with Crippen molar-refractivity contribution in [1.29, 1.82) is 0 Å². The smallest absolute Gasteiger partial charge is 0.354 e. The van der Waals surface area contributed by atoms with Crippen molar-refractivity contribution in [1.82, 2.24) is 15.3 Å². The van der Waals surface area contributed by atoms with Crippen molar-refractivity contribution in [2.24, 2.45) is 0 Å². The number of rotatable bonds is 4. The maximum Gasteiger partial charge on any atom is 0.354 e. The zero-order valence-electron chi connectivity index (χ0n) is 9.68. The molecule has 7 heteroatoms. The molecule has 0 bridgehead atoms. The number of aromatic carboxylic acids is 1. The van der Waals surface area contributed by atoms with Crippen LogP contribution in [0.3, 0.4) is 0 Å². The van der Waals surface area contributed by atoms with E-state index in [0.29, 0.717) is 16.3 Å². The molecule has 0 aliphatic heterocycles. The molecule has 0 saturated carbocycles. The Balaban J connectivity index is 1.95. The van der Waals surface area contributed by atoms with Crippen LogP contribution in [0.4, 0.5) is 0 Å². The molecule has 2 rings (SSSR count). The number of nitrogens with zero attached hydrogens (tertiary/aromatic N) is 1. The Kier molecular flexibility index (Phi) is 3.82. The minimum atomic E-state index is -1.09. The van der Waals surface area contributed by atoms with Crippen LogP contribution in [0, 0.1) is 0 Å². The summed E-state index contributed by atoms with van der Waals surface area (Å²) in [5.41, 5.74) is 1.03. The summed E-state index contributed by atoms with van der Waals surface area (Å²) in [7, 11) is 0. The van der Waals surface area contributed by atoms with E-state index >= 15 is 0 Å². The van der Waals surface area contributed by atoms with Crippen LogP contribution in [-0.4, -0.2) is 27.0 Å². The largest absolute Gasteiger partial charge is 0.477 e. The molecule has 19 heavy (non-hydrogen) atoms. The lowest BCUT2D eigenvalue weighted by Gasteiger charge is -2.03. The van der Waals surface area contributed by atoms with Gasteiger partial charge in [0.2, 0.25) is 0 Å². The molecule has 2 aromatic heterocycles. The fraction of sp³-hybridized carbons (Fsp3) is 0.0833. The first-order valence-corrected chi connectivity index (χ1v) is 5.74. The number of hydrogen-bond donors (Lipinski definition) is 3. The van der Waals surface area contributed by atoms with Crippen molar-refractivity contribution in [3.05, 3.63) is 52.6 Å². The highest BCUT2D eigenvalue weighted by molar-refractivity contribution is 6.30. The van der Waals surface area contributed by atoms with Gasteiger partial charge in [0.1, 0.15) is 11.4 Å². The van der Waals surface area contributed by atoms with Gasteiger partial charge < -0.3 is 15.4 Å². The van der Waals surface area contributed by atoms with Crippen molar-refractivity contribution in [3.63, 3.8) is 0 Å². The number of nitrogens with one attached hydrogen (secondary N) is 2. The van der Waals surface area contributed by atoms with E-state index in [1.165, 1.54) is 24.5 Å². The van der Waals surface area contributed by atoms with Crippen LogP contribution in [0.15, 0.2) is 30.6 Å². The monoisotopic (exact) mass is 279 g/mol. The van der Waals surface area contributed by atoms with Crippen LogP contribution in [0.25, 0.3) is 0 Å². The fourth-order valence-corrected chi connectivity index (χ4v) is 1.60. The second-order valence-electron chi connectivity index (χ2n) is 3.77. The predicted molar refractivity (Wildman–Crippen MR) is 68.2 cm³/mol. The number of amides is 1. The second kappa shape index (κ2) is 5.53. The van der Waals surface area contributed by atoms with E-state index in [1.54, 1.807) is 6.07 Å². The first kappa shape index (κ1) is 13.1. The van der Waals surface area contributed by atoms with Crippen LogP contribution in [0.2, 0.25) is 5.02 Å². The van der Waals surface area contributed by atoms with Crippen LogP contribution in [0.5, 0.6) is 0 Å². The zero-order valence-corrected chi connectivity index (χ0v) is 10.4. The Morgan fingerprint density at radius 1 is 1.42 bits per heavy atom. The molecule has 2 aromatic rings. The lowest BCUT2D eigenvalue weighted by Crippen LogP contribution is -2.23. The van der Waals surface area contributed by atoms with E-state index in [4.69, 9.17) is 16.7 Å². The van der Waals surface area contributed by atoms with Gasteiger partial charge in [-0.05, 0) is 17.7 Å². The number of H-pyrrole nitrogens is 1. The number of pyridine rings is 1. The SMILES string of the molecule is O=C(O)c1ccc(CNC(=O)c2cc(Cl)c[nH]2)cn1. The third-order valence-electron chi connectivity index (χ3n) is 2.39. The Bertz CT molecular complexity index is 607. The summed E-state index contributed by atoms with van der Waals surface area (Å²) in [6.07, 6.45) is 2.92. The van der Waals surface area contributed by atoms with Crippen LogP contribution < -0.4 is 5.32 Å². The van der Waals surface area contributed by atoms with E-state index in [9.17, 15) is 9.59 Å². The second-order valence-corrected chi connectivity index (χ2v) is 4.21. The zero-order chi connectivity index (χ0) is 13.8. The highest BCUT2D eigenvalue weighted by Crippen LogP contribution is 2.09. The van der Waals surface area contributed by atoms with Gasteiger partial charge in [-0.2, -0.15) is 0 Å². The number of halogens is 1. The molecule has 6 nitrogen and oxygen atoms in total. The summed E-state index contributed by atoms with van der Waals surface area (Å²) in [4.78, 5) is 28.8. The Morgan fingerprint density at radius 3 is 2.74 bits per heavy atom. The summed E-state index contributed by atoms with van der Waals surface area (Å²) >= 11 is 5.69. The summed E-state index contributed by atoms with van der Waals surface area (Å²) in [5.74, 6) is -1.38. The van der Waals surface area contributed by atoms with Crippen molar-refractivity contribution in [2.75, 3.05) is 0 Å². The molecule has 98 valence electrons. The van der Waals surface area contributed by atoms with E-state index in [1.807, 2.05) is 0 Å². The molecular formula is C12H10ClN3O3. The van der Waals surface area contributed by atoms with E-state index in [0.717, 1.165) is 0 Å². The van der Waals surface area contributed by atoms with Gasteiger partial charge in [-0.25, -0.2) is 9.78 Å². The molecule has 0 spiro atoms. The number of carbonyl (C=O) groups is 2. The maximum atomic E-state index is 11.7. The average molecular weight is 280 g/mol. The van der Waals surface area contributed by atoms with Gasteiger partial charge in [-0.3, -0.25) is 4.79 Å². The molecule has 0 radical (unpaired) electrons. The number of aromatic amines is 1. The highest BCUT2D eigenvalue weighted by Gasteiger charge is 2.08. The van der Waals surface area contributed by atoms with Gasteiger partial charge in [0.25, 0.3) is 5.91 Å². The summed E-state index contributed by atoms with van der Waals surface area (Å²) < 4.78 is 0. The molecule has 0 fully saturated rings. The van der Waals surface area contributed by atoms with Crippen LogP contribution in [0.1, 0.15) is 26.5 Å². The summed E-state index contributed by atoms with van der Waals surface area (Å²) in [5, 5.41) is 11.8. The van der Waals surface area contributed by atoms with E-state index < -0.39 is 5.97 Å². The van der Waals surface area contributed by atoms with Crippen molar-refractivity contribution >= 4 is 23.5 Å². The number of hydrogen-bond acceptors (Lipinski definition) is 3. The average Bonchev–Trinajstić information content (AvgIpc) is 2.83. The topological polar surface area (TPSA) is 95.1 Å². The standard InChI is InChI=1S/C12H10ClN3O3/c13-8-3-10(15-6-8)11(17)16-5-7-1-2-9(12(18)19)14-4-7/h1-4,6,15H,5H2,(H,16,17)(H,18,19). The predicted octanol–water partition coefficient (Wildman–Crippen LogP) is 1.69. The molecule has 0 aliphatic rings. The molecule has 0 saturated heterocycles. The number of carboxylic acid groups (broad SMARTS) is 1. The Hall–Kier alpha value is -2.34. The minimum absolute atomic E-state index is 0.0359. The van der Waals surface area contributed by atoms with Gasteiger partial charge in [0.15, 0.2) is 0 Å².